The van der Waals surface area contributed by atoms with E-state index in [1.807, 2.05) is 53.4 Å². The van der Waals surface area contributed by atoms with Crippen LogP contribution in [0.15, 0.2) is 60.7 Å². The molecule has 4 heteroatoms. The Kier molecular flexibility index (Phi) is 6.62. The van der Waals surface area contributed by atoms with Crippen LogP contribution in [0, 0.1) is 11.3 Å². The van der Waals surface area contributed by atoms with Crippen molar-refractivity contribution < 1.29 is 4.79 Å². The van der Waals surface area contributed by atoms with E-state index < -0.39 is 0 Å². The van der Waals surface area contributed by atoms with Crippen LogP contribution >= 0.6 is 0 Å². The Balaban J connectivity index is 1.65. The molecule has 27 heavy (non-hydrogen) atoms. The molecule has 0 saturated carbocycles. The molecule has 140 valence electrons. The predicted molar refractivity (Wildman–Crippen MR) is 107 cm³/mol. The van der Waals surface area contributed by atoms with Crippen LogP contribution in [0.2, 0.25) is 0 Å². The van der Waals surface area contributed by atoms with E-state index in [0.29, 0.717) is 13.1 Å². The smallest absolute Gasteiger partial charge is 0.230 e. The van der Waals surface area contributed by atoms with Crippen molar-refractivity contribution >= 4 is 5.91 Å². The molecule has 2 aromatic carbocycles. The molecule has 3 rings (SSSR count). The Morgan fingerprint density at radius 3 is 2.04 bits per heavy atom. The highest BCUT2D eigenvalue weighted by Crippen LogP contribution is 2.26. The Hall–Kier alpha value is -2.64. The van der Waals surface area contributed by atoms with Gasteiger partial charge in [-0.25, -0.2) is 0 Å². The third kappa shape index (κ3) is 4.56. The molecule has 0 radical (unpaired) electrons. The van der Waals surface area contributed by atoms with Gasteiger partial charge in [-0.2, -0.15) is 5.26 Å². The number of amides is 1. The standard InChI is InChI=1S/C23H27N3O/c1-2-9-21(19-10-5-3-6-11-19)23(27)26-16-14-25(15-17-26)22(18-24)20-12-7-4-8-13-20/h3-8,10-13,21-22H,2,9,14-17H2,1H3. The zero-order valence-corrected chi connectivity index (χ0v) is 15.9. The number of nitriles is 1. The summed E-state index contributed by atoms with van der Waals surface area (Å²) in [6.45, 7) is 4.94. The van der Waals surface area contributed by atoms with E-state index in [2.05, 4.69) is 30.0 Å². The van der Waals surface area contributed by atoms with Crippen molar-refractivity contribution in [2.45, 2.75) is 31.7 Å². The molecule has 2 atom stereocenters. The summed E-state index contributed by atoms with van der Waals surface area (Å²) in [6, 6.07) is 22.2. The molecule has 1 aliphatic rings. The summed E-state index contributed by atoms with van der Waals surface area (Å²) < 4.78 is 0. The van der Waals surface area contributed by atoms with Crippen LogP contribution in [0.5, 0.6) is 0 Å². The predicted octanol–water partition coefficient (Wildman–Crippen LogP) is 3.98. The van der Waals surface area contributed by atoms with Crippen molar-refractivity contribution in [3.63, 3.8) is 0 Å². The van der Waals surface area contributed by atoms with Crippen molar-refractivity contribution in [1.29, 1.82) is 5.26 Å². The molecule has 1 aliphatic heterocycles. The number of carbonyl (C=O) groups is 1. The average molecular weight is 361 g/mol. The minimum Gasteiger partial charge on any atom is -0.340 e. The van der Waals surface area contributed by atoms with E-state index in [0.717, 1.165) is 37.1 Å². The summed E-state index contributed by atoms with van der Waals surface area (Å²) >= 11 is 0. The van der Waals surface area contributed by atoms with Crippen LogP contribution < -0.4 is 0 Å². The fourth-order valence-corrected chi connectivity index (χ4v) is 3.83. The fraction of sp³-hybridized carbons (Fsp3) is 0.391. The molecule has 0 aromatic heterocycles. The van der Waals surface area contributed by atoms with Crippen molar-refractivity contribution in [1.82, 2.24) is 9.80 Å². The van der Waals surface area contributed by atoms with E-state index in [1.54, 1.807) is 0 Å². The van der Waals surface area contributed by atoms with E-state index >= 15 is 0 Å². The maximum absolute atomic E-state index is 13.1. The molecule has 0 aliphatic carbocycles. The number of hydrogen-bond acceptors (Lipinski definition) is 3. The van der Waals surface area contributed by atoms with Crippen LogP contribution in [-0.4, -0.2) is 41.9 Å². The highest BCUT2D eigenvalue weighted by Gasteiger charge is 2.30. The number of rotatable bonds is 6. The Morgan fingerprint density at radius 1 is 0.963 bits per heavy atom. The van der Waals surface area contributed by atoms with Gasteiger partial charge in [-0.05, 0) is 17.5 Å². The van der Waals surface area contributed by atoms with Crippen LogP contribution in [0.1, 0.15) is 42.9 Å². The van der Waals surface area contributed by atoms with Gasteiger partial charge in [0.1, 0.15) is 6.04 Å². The quantitative estimate of drug-likeness (QED) is 0.782. The topological polar surface area (TPSA) is 47.3 Å². The van der Waals surface area contributed by atoms with Gasteiger partial charge in [0.05, 0.1) is 12.0 Å². The van der Waals surface area contributed by atoms with Crippen molar-refractivity contribution in [2.24, 2.45) is 0 Å². The van der Waals surface area contributed by atoms with Gasteiger partial charge in [-0.1, -0.05) is 74.0 Å². The van der Waals surface area contributed by atoms with E-state index in [1.165, 1.54) is 0 Å². The van der Waals surface area contributed by atoms with Crippen molar-refractivity contribution in [3.8, 4) is 6.07 Å². The number of benzene rings is 2. The molecule has 0 N–H and O–H groups in total. The summed E-state index contributed by atoms with van der Waals surface area (Å²) in [4.78, 5) is 17.3. The maximum atomic E-state index is 13.1. The Bertz CT molecular complexity index is 761. The van der Waals surface area contributed by atoms with Gasteiger partial charge >= 0.3 is 0 Å². The first kappa shape index (κ1) is 19.1. The monoisotopic (exact) mass is 361 g/mol. The third-order valence-corrected chi connectivity index (χ3v) is 5.31. The van der Waals surface area contributed by atoms with Gasteiger partial charge in [0.15, 0.2) is 0 Å². The van der Waals surface area contributed by atoms with E-state index in [-0.39, 0.29) is 17.9 Å². The highest BCUT2D eigenvalue weighted by molar-refractivity contribution is 5.83. The number of piperazine rings is 1. The summed E-state index contributed by atoms with van der Waals surface area (Å²) in [6.07, 6.45) is 1.85. The second-order valence-corrected chi connectivity index (χ2v) is 7.06. The van der Waals surface area contributed by atoms with Gasteiger partial charge in [-0.15, -0.1) is 0 Å². The summed E-state index contributed by atoms with van der Waals surface area (Å²) in [5.41, 5.74) is 2.12. The minimum absolute atomic E-state index is 0.0661. The first-order chi connectivity index (χ1) is 13.2. The second-order valence-electron chi connectivity index (χ2n) is 7.06. The first-order valence-electron chi connectivity index (χ1n) is 9.77. The zero-order valence-electron chi connectivity index (χ0n) is 15.9. The molecule has 2 aromatic rings. The molecule has 0 bridgehead atoms. The molecular weight excluding hydrogens is 334 g/mol. The average Bonchev–Trinajstić information content (AvgIpc) is 2.74. The normalized spacial score (nSPS) is 17.1. The Morgan fingerprint density at radius 2 is 1.52 bits per heavy atom. The lowest BCUT2D eigenvalue weighted by molar-refractivity contribution is -0.135. The van der Waals surface area contributed by atoms with Crippen LogP contribution in [0.25, 0.3) is 0 Å². The first-order valence-corrected chi connectivity index (χ1v) is 9.77. The lowest BCUT2D eigenvalue weighted by Crippen LogP contribution is -2.50. The number of carbonyl (C=O) groups excluding carboxylic acids is 1. The van der Waals surface area contributed by atoms with E-state index in [4.69, 9.17) is 0 Å². The molecule has 1 saturated heterocycles. The van der Waals surface area contributed by atoms with Crippen molar-refractivity contribution in [2.75, 3.05) is 26.2 Å². The lowest BCUT2D eigenvalue weighted by atomic mass is 9.92. The van der Waals surface area contributed by atoms with Gasteiger partial charge in [-0.3, -0.25) is 9.69 Å². The number of hydrogen-bond donors (Lipinski definition) is 0. The third-order valence-electron chi connectivity index (χ3n) is 5.31. The molecular formula is C23H27N3O. The molecule has 2 unspecified atom stereocenters. The molecule has 4 nitrogen and oxygen atoms in total. The molecule has 0 spiro atoms. The molecule has 1 amide bonds. The summed E-state index contributed by atoms with van der Waals surface area (Å²) in [7, 11) is 0. The summed E-state index contributed by atoms with van der Waals surface area (Å²) in [5, 5.41) is 9.64. The lowest BCUT2D eigenvalue weighted by Gasteiger charge is -2.38. The SMILES string of the molecule is CCCC(C(=O)N1CCN(C(C#N)c2ccccc2)CC1)c1ccccc1. The van der Waals surface area contributed by atoms with Gasteiger partial charge in [0, 0.05) is 26.2 Å². The fourth-order valence-electron chi connectivity index (χ4n) is 3.83. The van der Waals surface area contributed by atoms with Crippen LogP contribution in [0.3, 0.4) is 0 Å². The maximum Gasteiger partial charge on any atom is 0.230 e. The number of nitrogens with zero attached hydrogens (tertiary/aromatic N) is 3. The minimum atomic E-state index is -0.246. The van der Waals surface area contributed by atoms with Gasteiger partial charge in [0.25, 0.3) is 0 Å². The van der Waals surface area contributed by atoms with Gasteiger partial charge < -0.3 is 4.90 Å². The van der Waals surface area contributed by atoms with Gasteiger partial charge in [0.2, 0.25) is 5.91 Å². The Labute approximate surface area is 162 Å². The molecule has 1 heterocycles. The highest BCUT2D eigenvalue weighted by atomic mass is 16.2. The van der Waals surface area contributed by atoms with Crippen LogP contribution in [-0.2, 0) is 4.79 Å². The summed E-state index contributed by atoms with van der Waals surface area (Å²) in [5.74, 6) is 0.152. The van der Waals surface area contributed by atoms with E-state index in [9.17, 15) is 10.1 Å². The largest absolute Gasteiger partial charge is 0.340 e. The van der Waals surface area contributed by atoms with Crippen molar-refractivity contribution in [3.05, 3.63) is 71.8 Å². The van der Waals surface area contributed by atoms with Crippen LogP contribution in [0.4, 0.5) is 0 Å². The zero-order chi connectivity index (χ0) is 19.1. The molecule has 1 fully saturated rings. The second kappa shape index (κ2) is 9.34.